The van der Waals surface area contributed by atoms with Gasteiger partial charge in [-0.1, -0.05) is 29.0 Å². The molecule has 1 aromatic heterocycles. The van der Waals surface area contributed by atoms with Crippen LogP contribution in [0.5, 0.6) is 0 Å². The minimum absolute atomic E-state index is 0.0497. The van der Waals surface area contributed by atoms with Crippen LogP contribution in [0.25, 0.3) is 10.2 Å². The Bertz CT molecular complexity index is 919. The topological polar surface area (TPSA) is 42.0 Å². The van der Waals surface area contributed by atoms with E-state index in [0.29, 0.717) is 5.52 Å². The van der Waals surface area contributed by atoms with Crippen LogP contribution in [0.1, 0.15) is 15.9 Å². The first-order valence-electron chi connectivity index (χ1n) is 6.49. The summed E-state index contributed by atoms with van der Waals surface area (Å²) in [5.41, 5.74) is -0.869. The maximum atomic E-state index is 13.7. The Balaban J connectivity index is 1.92. The maximum absolute atomic E-state index is 13.7. The Kier molecular flexibility index (Phi) is 4.18. The number of hydrogen-bond donors (Lipinski definition) is 1. The average Bonchev–Trinajstić information content (AvgIpc) is 2.87. The number of hydrogen-bond acceptors (Lipinski definition) is 3. The molecular weight excluding hydrogens is 368 g/mol. The van der Waals surface area contributed by atoms with E-state index in [-0.39, 0.29) is 20.4 Å². The summed E-state index contributed by atoms with van der Waals surface area (Å²) in [6.45, 7) is 0. The number of anilines is 1. The predicted octanol–water partition coefficient (Wildman–Crippen LogP) is 5.36. The Morgan fingerprint density at radius 3 is 2.62 bits per heavy atom. The average molecular weight is 375 g/mol. The highest BCUT2D eigenvalue weighted by atomic mass is 35.5. The Morgan fingerprint density at radius 2 is 1.96 bits per heavy atom. The van der Waals surface area contributed by atoms with Crippen LogP contribution in [0.15, 0.2) is 36.4 Å². The van der Waals surface area contributed by atoms with E-state index in [0.717, 1.165) is 29.5 Å². The molecule has 3 nitrogen and oxygen atoms in total. The fraction of sp³-hybridized carbons (Fsp3) is 0.0667. The van der Waals surface area contributed by atoms with Crippen molar-refractivity contribution in [1.82, 2.24) is 4.98 Å². The third-order valence-corrected chi connectivity index (χ3v) is 4.37. The van der Waals surface area contributed by atoms with Crippen LogP contribution in [0.4, 0.5) is 22.7 Å². The van der Waals surface area contributed by atoms with Gasteiger partial charge >= 0.3 is 6.18 Å². The number of nitrogens with one attached hydrogen (secondary N) is 1. The van der Waals surface area contributed by atoms with Gasteiger partial charge in [-0.2, -0.15) is 13.2 Å². The predicted molar refractivity (Wildman–Crippen MR) is 84.0 cm³/mol. The molecule has 0 aliphatic rings. The Hall–Kier alpha value is -2.19. The molecule has 0 spiro atoms. The zero-order valence-electron chi connectivity index (χ0n) is 11.6. The van der Waals surface area contributed by atoms with Crippen molar-refractivity contribution >= 4 is 44.2 Å². The lowest BCUT2D eigenvalue weighted by Gasteiger charge is -2.04. The number of thiazole rings is 1. The highest BCUT2D eigenvalue weighted by Crippen LogP contribution is 2.34. The van der Waals surface area contributed by atoms with E-state index in [4.69, 9.17) is 11.6 Å². The summed E-state index contributed by atoms with van der Waals surface area (Å²) < 4.78 is 52.1. The molecule has 1 N–H and O–H groups in total. The van der Waals surface area contributed by atoms with Gasteiger partial charge in [-0.05, 0) is 30.3 Å². The minimum atomic E-state index is -4.47. The smallest absolute Gasteiger partial charge is 0.298 e. The van der Waals surface area contributed by atoms with Crippen LogP contribution in [-0.4, -0.2) is 10.9 Å². The molecule has 1 amide bonds. The number of amides is 1. The summed E-state index contributed by atoms with van der Waals surface area (Å²) >= 11 is 6.65. The van der Waals surface area contributed by atoms with Gasteiger partial charge in [0.1, 0.15) is 5.82 Å². The first kappa shape index (κ1) is 16.7. The molecule has 0 saturated carbocycles. The number of halogens is 5. The van der Waals surface area contributed by atoms with Crippen molar-refractivity contribution in [1.29, 1.82) is 0 Å². The molecule has 2 aromatic carbocycles. The van der Waals surface area contributed by atoms with Crippen LogP contribution < -0.4 is 5.32 Å². The van der Waals surface area contributed by atoms with Crippen LogP contribution in [0.3, 0.4) is 0 Å². The van der Waals surface area contributed by atoms with Gasteiger partial charge < -0.3 is 0 Å². The van der Waals surface area contributed by atoms with Crippen molar-refractivity contribution in [3.63, 3.8) is 0 Å². The van der Waals surface area contributed by atoms with Gasteiger partial charge in [0, 0.05) is 0 Å². The van der Waals surface area contributed by atoms with Crippen molar-refractivity contribution in [3.05, 3.63) is 58.4 Å². The van der Waals surface area contributed by atoms with E-state index in [2.05, 4.69) is 10.3 Å². The van der Waals surface area contributed by atoms with Crippen LogP contribution >= 0.6 is 22.9 Å². The molecule has 1 heterocycles. The van der Waals surface area contributed by atoms with Crippen LogP contribution in [0.2, 0.25) is 5.02 Å². The quantitative estimate of drug-likeness (QED) is 0.613. The lowest BCUT2D eigenvalue weighted by atomic mass is 10.2. The van der Waals surface area contributed by atoms with Crippen LogP contribution in [0, 0.1) is 5.82 Å². The lowest BCUT2D eigenvalue weighted by molar-refractivity contribution is -0.137. The summed E-state index contributed by atoms with van der Waals surface area (Å²) in [6.07, 6.45) is -4.47. The largest absolute Gasteiger partial charge is 0.416 e. The Labute approximate surface area is 141 Å². The zero-order chi connectivity index (χ0) is 17.5. The second kappa shape index (κ2) is 6.03. The summed E-state index contributed by atoms with van der Waals surface area (Å²) in [6, 6.07) is 6.84. The Morgan fingerprint density at radius 1 is 1.21 bits per heavy atom. The lowest BCUT2D eigenvalue weighted by Crippen LogP contribution is -2.14. The van der Waals surface area contributed by atoms with E-state index >= 15 is 0 Å². The van der Waals surface area contributed by atoms with Gasteiger partial charge in [-0.3, -0.25) is 10.1 Å². The first-order valence-corrected chi connectivity index (χ1v) is 7.68. The molecule has 0 radical (unpaired) electrons. The van der Waals surface area contributed by atoms with E-state index in [1.807, 2.05) is 0 Å². The summed E-state index contributed by atoms with van der Waals surface area (Å²) in [7, 11) is 0. The van der Waals surface area contributed by atoms with Crippen molar-refractivity contribution in [2.45, 2.75) is 6.18 Å². The number of carbonyl (C=O) groups excluding carboxylic acids is 1. The molecule has 0 bridgehead atoms. The van der Waals surface area contributed by atoms with Crippen molar-refractivity contribution in [2.24, 2.45) is 0 Å². The molecular formula is C15H7ClF4N2OS. The number of fused-ring (bicyclic) bond motifs is 1. The number of alkyl halides is 3. The van der Waals surface area contributed by atoms with Crippen molar-refractivity contribution in [3.8, 4) is 0 Å². The number of carbonyl (C=O) groups is 1. The normalized spacial score (nSPS) is 11.7. The van der Waals surface area contributed by atoms with Gasteiger partial charge in [-0.15, -0.1) is 0 Å². The summed E-state index contributed by atoms with van der Waals surface area (Å²) in [5, 5.41) is 2.32. The number of benzene rings is 2. The SMILES string of the molecule is O=C(Nc1nc2ccc(C(F)(F)F)cc2s1)c1c(F)cccc1Cl. The minimum Gasteiger partial charge on any atom is -0.298 e. The molecule has 0 atom stereocenters. The van der Waals surface area contributed by atoms with Gasteiger partial charge in [0.05, 0.1) is 26.4 Å². The second-order valence-electron chi connectivity index (χ2n) is 4.75. The second-order valence-corrected chi connectivity index (χ2v) is 6.19. The molecule has 0 unspecified atom stereocenters. The van der Waals surface area contributed by atoms with E-state index < -0.39 is 23.5 Å². The third-order valence-electron chi connectivity index (χ3n) is 3.13. The molecule has 0 saturated heterocycles. The number of aromatic nitrogens is 1. The van der Waals surface area contributed by atoms with E-state index in [1.54, 1.807) is 0 Å². The molecule has 0 aliphatic carbocycles. The first-order chi connectivity index (χ1) is 11.3. The molecule has 0 fully saturated rings. The molecule has 0 aliphatic heterocycles. The van der Waals surface area contributed by atoms with Gasteiger partial charge in [0.25, 0.3) is 5.91 Å². The van der Waals surface area contributed by atoms with Crippen molar-refractivity contribution in [2.75, 3.05) is 5.32 Å². The highest BCUT2D eigenvalue weighted by molar-refractivity contribution is 7.22. The van der Waals surface area contributed by atoms with Gasteiger partial charge in [-0.25, -0.2) is 9.37 Å². The van der Waals surface area contributed by atoms with Crippen molar-refractivity contribution < 1.29 is 22.4 Å². The molecule has 3 aromatic rings. The molecule has 24 heavy (non-hydrogen) atoms. The standard InChI is InChI=1S/C15H7ClF4N2OS/c16-8-2-1-3-9(17)12(8)13(23)22-14-21-10-5-4-7(15(18,19)20)6-11(10)24-14/h1-6H,(H,21,22,23). The van der Waals surface area contributed by atoms with Gasteiger partial charge in [0.2, 0.25) is 0 Å². The summed E-state index contributed by atoms with van der Waals surface area (Å²) in [4.78, 5) is 16.1. The fourth-order valence-corrected chi connectivity index (χ4v) is 3.18. The molecule has 124 valence electrons. The summed E-state index contributed by atoms with van der Waals surface area (Å²) in [5.74, 6) is -1.63. The molecule has 9 heteroatoms. The van der Waals surface area contributed by atoms with Crippen LogP contribution in [-0.2, 0) is 6.18 Å². The zero-order valence-corrected chi connectivity index (χ0v) is 13.2. The number of nitrogens with zero attached hydrogens (tertiary/aromatic N) is 1. The monoisotopic (exact) mass is 374 g/mol. The third kappa shape index (κ3) is 3.20. The van der Waals surface area contributed by atoms with E-state index in [1.165, 1.54) is 18.2 Å². The highest BCUT2D eigenvalue weighted by Gasteiger charge is 2.30. The molecule has 3 rings (SSSR count). The number of rotatable bonds is 2. The van der Waals surface area contributed by atoms with E-state index in [9.17, 15) is 22.4 Å². The maximum Gasteiger partial charge on any atom is 0.416 e. The van der Waals surface area contributed by atoms with Gasteiger partial charge in [0.15, 0.2) is 5.13 Å². The fourth-order valence-electron chi connectivity index (χ4n) is 2.03.